The fraction of sp³-hybridized carbons (Fsp3) is 0.529. The van der Waals surface area contributed by atoms with Gasteiger partial charge in [-0.15, -0.1) is 0 Å². The molecule has 3 aliphatic rings. The highest BCUT2D eigenvalue weighted by molar-refractivity contribution is 5.85. The predicted octanol–water partition coefficient (Wildman–Crippen LogP) is 0.934. The van der Waals surface area contributed by atoms with Gasteiger partial charge in [-0.3, -0.25) is 9.59 Å². The maximum atomic E-state index is 12.5. The van der Waals surface area contributed by atoms with Crippen molar-refractivity contribution in [2.45, 2.75) is 31.5 Å². The Labute approximate surface area is 134 Å². The first-order valence-corrected chi connectivity index (χ1v) is 8.03. The summed E-state index contributed by atoms with van der Waals surface area (Å²) in [6, 6.07) is 7.44. The van der Waals surface area contributed by atoms with Crippen LogP contribution in [0.5, 0.6) is 5.75 Å². The van der Waals surface area contributed by atoms with Gasteiger partial charge in [-0.2, -0.15) is 0 Å². The number of nitrogens with zero attached hydrogens (tertiary/aromatic N) is 2. The van der Waals surface area contributed by atoms with Gasteiger partial charge in [0.2, 0.25) is 5.91 Å². The Morgan fingerprint density at radius 1 is 1.35 bits per heavy atom. The number of amides is 2. The third-order valence-electron chi connectivity index (χ3n) is 5.10. The van der Waals surface area contributed by atoms with E-state index in [0.717, 1.165) is 5.56 Å². The van der Waals surface area contributed by atoms with Gasteiger partial charge in [0.15, 0.2) is 12.3 Å². The lowest BCUT2D eigenvalue weighted by Gasteiger charge is -2.31. The molecule has 6 nitrogen and oxygen atoms in total. The summed E-state index contributed by atoms with van der Waals surface area (Å²) in [5.74, 6) is 0.682. The number of aryl methyl sites for hydroxylation is 1. The highest BCUT2D eigenvalue weighted by Gasteiger charge is 2.62. The monoisotopic (exact) mass is 316 g/mol. The summed E-state index contributed by atoms with van der Waals surface area (Å²) in [4.78, 5) is 28.2. The van der Waals surface area contributed by atoms with Crippen LogP contribution < -0.4 is 4.74 Å². The van der Waals surface area contributed by atoms with Gasteiger partial charge in [0.05, 0.1) is 19.1 Å². The maximum absolute atomic E-state index is 12.5. The summed E-state index contributed by atoms with van der Waals surface area (Å²) < 4.78 is 11.5. The average molecular weight is 316 g/mol. The Bertz CT molecular complexity index is 644. The second-order valence-corrected chi connectivity index (χ2v) is 6.40. The lowest BCUT2D eigenvalue weighted by Crippen LogP contribution is -2.49. The lowest BCUT2D eigenvalue weighted by molar-refractivity contribution is -0.140. The Morgan fingerprint density at radius 3 is 2.91 bits per heavy atom. The van der Waals surface area contributed by atoms with Crippen LogP contribution in [0.15, 0.2) is 24.3 Å². The van der Waals surface area contributed by atoms with Crippen LogP contribution in [0, 0.1) is 6.92 Å². The van der Waals surface area contributed by atoms with Gasteiger partial charge in [-0.05, 0) is 19.1 Å². The smallest absolute Gasteiger partial charge is 0.260 e. The molecule has 4 rings (SSSR count). The van der Waals surface area contributed by atoms with E-state index in [-0.39, 0.29) is 24.5 Å². The Morgan fingerprint density at radius 2 is 2.13 bits per heavy atom. The van der Waals surface area contributed by atoms with Crippen molar-refractivity contribution < 1.29 is 19.1 Å². The second-order valence-electron chi connectivity index (χ2n) is 6.40. The zero-order chi connectivity index (χ0) is 16.0. The first kappa shape index (κ1) is 14.5. The fourth-order valence-electron chi connectivity index (χ4n) is 3.95. The summed E-state index contributed by atoms with van der Waals surface area (Å²) in [6.07, 6.45) is 1.05. The fourth-order valence-corrected chi connectivity index (χ4v) is 3.95. The largest absolute Gasteiger partial charge is 0.484 e. The Balaban J connectivity index is 1.43. The third-order valence-corrected chi connectivity index (χ3v) is 5.10. The first-order valence-electron chi connectivity index (χ1n) is 8.03. The van der Waals surface area contributed by atoms with Gasteiger partial charge in [0, 0.05) is 19.5 Å². The molecule has 6 heteroatoms. The molecule has 3 saturated heterocycles. The standard InChI is InChI=1S/C17H20N2O4/c1-12-2-4-13(5-3-12)22-11-16(21)18-7-6-17-14(18)10-15(20)19(17)8-9-23-17/h2-5,14H,6-11H2,1H3/t14-,17+/m1/s1. The molecule has 1 aromatic rings. The van der Waals surface area contributed by atoms with Crippen LogP contribution in [-0.2, 0) is 14.3 Å². The molecule has 0 aromatic heterocycles. The molecule has 2 atom stereocenters. The third kappa shape index (κ3) is 2.20. The topological polar surface area (TPSA) is 59.1 Å². The minimum atomic E-state index is -0.573. The molecule has 0 unspecified atom stereocenters. The van der Waals surface area contributed by atoms with Crippen LogP contribution in [0.25, 0.3) is 0 Å². The highest BCUT2D eigenvalue weighted by atomic mass is 16.5. The number of benzene rings is 1. The van der Waals surface area contributed by atoms with E-state index in [2.05, 4.69) is 0 Å². The van der Waals surface area contributed by atoms with E-state index >= 15 is 0 Å². The van der Waals surface area contributed by atoms with Gasteiger partial charge in [0.1, 0.15) is 5.75 Å². The van der Waals surface area contributed by atoms with Gasteiger partial charge in [0.25, 0.3) is 5.91 Å². The van der Waals surface area contributed by atoms with Gasteiger partial charge >= 0.3 is 0 Å². The molecule has 0 N–H and O–H groups in total. The van der Waals surface area contributed by atoms with E-state index in [1.54, 1.807) is 4.90 Å². The minimum absolute atomic E-state index is 0.0101. The van der Waals surface area contributed by atoms with Crippen LogP contribution in [0.4, 0.5) is 0 Å². The van der Waals surface area contributed by atoms with Gasteiger partial charge < -0.3 is 19.3 Å². The second kappa shape index (κ2) is 5.23. The molecule has 0 radical (unpaired) electrons. The van der Waals surface area contributed by atoms with E-state index in [1.807, 2.05) is 36.1 Å². The van der Waals surface area contributed by atoms with E-state index < -0.39 is 5.72 Å². The normalized spacial score (nSPS) is 28.9. The minimum Gasteiger partial charge on any atom is -0.484 e. The number of carbonyl (C=O) groups excluding carboxylic acids is 2. The van der Waals surface area contributed by atoms with Crippen LogP contribution in [-0.4, -0.2) is 59.7 Å². The first-order chi connectivity index (χ1) is 11.1. The molecule has 3 aliphatic heterocycles. The van der Waals surface area contributed by atoms with Crippen molar-refractivity contribution in [2.75, 3.05) is 26.3 Å². The van der Waals surface area contributed by atoms with Crippen molar-refractivity contribution in [1.82, 2.24) is 9.80 Å². The summed E-state index contributed by atoms with van der Waals surface area (Å²) >= 11 is 0. The molecule has 1 spiro atoms. The summed E-state index contributed by atoms with van der Waals surface area (Å²) in [6.45, 7) is 3.80. The molecule has 1 aromatic carbocycles. The van der Waals surface area contributed by atoms with Crippen LogP contribution in [0.3, 0.4) is 0 Å². The van der Waals surface area contributed by atoms with E-state index in [0.29, 0.717) is 38.3 Å². The zero-order valence-corrected chi connectivity index (χ0v) is 13.2. The van der Waals surface area contributed by atoms with E-state index in [9.17, 15) is 9.59 Å². The molecule has 3 heterocycles. The zero-order valence-electron chi connectivity index (χ0n) is 13.2. The van der Waals surface area contributed by atoms with Crippen LogP contribution in [0.2, 0.25) is 0 Å². The molecular formula is C17H20N2O4. The van der Waals surface area contributed by atoms with Crippen molar-refractivity contribution in [1.29, 1.82) is 0 Å². The number of carbonyl (C=O) groups is 2. The number of hydrogen-bond acceptors (Lipinski definition) is 4. The number of rotatable bonds is 3. The van der Waals surface area contributed by atoms with Crippen molar-refractivity contribution in [3.63, 3.8) is 0 Å². The number of ether oxygens (including phenoxy) is 2. The quantitative estimate of drug-likeness (QED) is 0.832. The Kier molecular flexibility index (Phi) is 3.30. The number of hydrogen-bond donors (Lipinski definition) is 0. The summed E-state index contributed by atoms with van der Waals surface area (Å²) in [5, 5.41) is 0. The summed E-state index contributed by atoms with van der Waals surface area (Å²) in [5.41, 5.74) is 0.574. The average Bonchev–Trinajstić information content (AvgIpc) is 3.18. The maximum Gasteiger partial charge on any atom is 0.260 e. The van der Waals surface area contributed by atoms with E-state index in [4.69, 9.17) is 9.47 Å². The SMILES string of the molecule is Cc1ccc(OCC(=O)N2CC[C@@]34OCCN3C(=O)C[C@@H]24)cc1. The molecule has 0 saturated carbocycles. The summed E-state index contributed by atoms with van der Waals surface area (Å²) in [7, 11) is 0. The lowest BCUT2D eigenvalue weighted by atomic mass is 10.1. The van der Waals surface area contributed by atoms with Gasteiger partial charge in [-0.25, -0.2) is 0 Å². The Hall–Kier alpha value is -2.08. The van der Waals surface area contributed by atoms with Crippen molar-refractivity contribution in [3.05, 3.63) is 29.8 Å². The molecule has 23 heavy (non-hydrogen) atoms. The molecule has 3 fully saturated rings. The molecular weight excluding hydrogens is 296 g/mol. The molecule has 0 aliphatic carbocycles. The number of likely N-dealkylation sites (tertiary alicyclic amines) is 1. The van der Waals surface area contributed by atoms with Gasteiger partial charge in [-0.1, -0.05) is 17.7 Å². The van der Waals surface area contributed by atoms with Crippen LogP contribution >= 0.6 is 0 Å². The van der Waals surface area contributed by atoms with Crippen molar-refractivity contribution in [2.24, 2.45) is 0 Å². The highest BCUT2D eigenvalue weighted by Crippen LogP contribution is 2.45. The molecule has 0 bridgehead atoms. The molecule has 2 amide bonds. The van der Waals surface area contributed by atoms with Crippen LogP contribution in [0.1, 0.15) is 18.4 Å². The van der Waals surface area contributed by atoms with Crippen molar-refractivity contribution >= 4 is 11.8 Å². The van der Waals surface area contributed by atoms with Crippen molar-refractivity contribution in [3.8, 4) is 5.75 Å². The molecule has 122 valence electrons. The van der Waals surface area contributed by atoms with E-state index in [1.165, 1.54) is 0 Å². The predicted molar refractivity (Wildman–Crippen MR) is 81.8 cm³/mol.